The summed E-state index contributed by atoms with van der Waals surface area (Å²) in [5.74, 6) is 0.815. The van der Waals surface area contributed by atoms with E-state index in [1.54, 1.807) is 11.8 Å². The van der Waals surface area contributed by atoms with E-state index >= 15 is 0 Å². The summed E-state index contributed by atoms with van der Waals surface area (Å²) in [4.78, 5) is 28.1. The van der Waals surface area contributed by atoms with E-state index in [0.29, 0.717) is 0 Å². The number of nitrogens with one attached hydrogen (secondary N) is 1. The van der Waals surface area contributed by atoms with Gasteiger partial charge in [-0.05, 0) is 35.9 Å². The molecule has 0 atom stereocenters. The molecule has 5 heteroatoms. The molecule has 2 aromatic carbocycles. The Labute approximate surface area is 142 Å². The Morgan fingerprint density at radius 2 is 1.88 bits per heavy atom. The molecular weight excluding hydrogens is 316 g/mol. The maximum absolute atomic E-state index is 10.1. The third-order valence-corrected chi connectivity index (χ3v) is 6.60. The van der Waals surface area contributed by atoms with Gasteiger partial charge >= 0.3 is 8.56 Å². The maximum atomic E-state index is 10.1. The van der Waals surface area contributed by atoms with E-state index in [1.807, 2.05) is 63.2 Å². The molecule has 0 saturated carbocycles. The number of H-pyrrole nitrogens is 1. The molecule has 0 aliphatic rings. The van der Waals surface area contributed by atoms with Crippen molar-refractivity contribution < 1.29 is 9.59 Å². The van der Waals surface area contributed by atoms with Crippen molar-refractivity contribution in [1.29, 1.82) is 0 Å². The van der Waals surface area contributed by atoms with Crippen LogP contribution in [0.1, 0.15) is 25.0 Å². The van der Waals surface area contributed by atoms with Crippen LogP contribution in [0.3, 0.4) is 0 Å². The van der Waals surface area contributed by atoms with E-state index in [2.05, 4.69) is 4.98 Å². The molecule has 124 valence electrons. The summed E-state index contributed by atoms with van der Waals surface area (Å²) >= 11 is 0. The SMILES string of the molecule is Cc1cccc2[nH]c(-c3cccc(C=C[Si](O)(O)C(C)C)c3)nc12. The molecule has 24 heavy (non-hydrogen) atoms. The van der Waals surface area contributed by atoms with Gasteiger partial charge in [0.25, 0.3) is 0 Å². The van der Waals surface area contributed by atoms with Crippen molar-refractivity contribution in [3.05, 3.63) is 59.3 Å². The van der Waals surface area contributed by atoms with Crippen LogP contribution in [0.25, 0.3) is 28.5 Å². The minimum absolute atomic E-state index is 0.143. The molecular formula is C19H22N2O2Si. The number of fused-ring (bicyclic) bond motifs is 1. The fourth-order valence-electron chi connectivity index (χ4n) is 2.51. The number of rotatable bonds is 4. The van der Waals surface area contributed by atoms with Gasteiger partial charge in [0, 0.05) is 11.1 Å². The lowest BCUT2D eigenvalue weighted by atomic mass is 10.1. The van der Waals surface area contributed by atoms with E-state index in [1.165, 1.54) is 0 Å². The summed E-state index contributed by atoms with van der Waals surface area (Å²) in [5.41, 5.74) is 6.44. The monoisotopic (exact) mass is 338 g/mol. The molecule has 0 unspecified atom stereocenters. The van der Waals surface area contributed by atoms with E-state index in [9.17, 15) is 9.59 Å². The smallest absolute Gasteiger partial charge is 0.362 e. The first-order valence-corrected chi connectivity index (χ1v) is 10.1. The first-order chi connectivity index (χ1) is 11.4. The summed E-state index contributed by atoms with van der Waals surface area (Å²) in [5, 5.41) is 0. The molecule has 3 rings (SSSR count). The zero-order chi connectivity index (χ0) is 17.3. The van der Waals surface area contributed by atoms with Gasteiger partial charge in [0.1, 0.15) is 5.82 Å². The average Bonchev–Trinajstić information content (AvgIpc) is 2.99. The molecule has 0 aliphatic heterocycles. The Kier molecular flexibility index (Phi) is 4.41. The zero-order valence-electron chi connectivity index (χ0n) is 14.1. The lowest BCUT2D eigenvalue weighted by molar-refractivity contribution is 0.364. The van der Waals surface area contributed by atoms with Crippen molar-refractivity contribution in [2.24, 2.45) is 0 Å². The topological polar surface area (TPSA) is 69.1 Å². The highest BCUT2D eigenvalue weighted by molar-refractivity contribution is 6.72. The van der Waals surface area contributed by atoms with Crippen molar-refractivity contribution in [3.63, 3.8) is 0 Å². The summed E-state index contributed by atoms with van der Waals surface area (Å²) in [6.45, 7) is 5.69. The largest absolute Gasteiger partial charge is 0.408 e. The molecule has 1 heterocycles. The fraction of sp³-hybridized carbons (Fsp3) is 0.211. The molecule has 1 aromatic heterocycles. The highest BCUT2D eigenvalue weighted by Crippen LogP contribution is 2.24. The van der Waals surface area contributed by atoms with Crippen LogP contribution < -0.4 is 0 Å². The van der Waals surface area contributed by atoms with Crippen molar-refractivity contribution in [3.8, 4) is 11.4 Å². The lowest BCUT2D eigenvalue weighted by Crippen LogP contribution is -2.35. The molecule has 0 spiro atoms. The van der Waals surface area contributed by atoms with Crippen LogP contribution in [0.5, 0.6) is 0 Å². The molecule has 0 amide bonds. The third-order valence-electron chi connectivity index (χ3n) is 4.25. The highest BCUT2D eigenvalue weighted by Gasteiger charge is 2.29. The number of hydrogen-bond acceptors (Lipinski definition) is 3. The van der Waals surface area contributed by atoms with Gasteiger partial charge in [-0.15, -0.1) is 0 Å². The quantitative estimate of drug-likeness (QED) is 0.631. The van der Waals surface area contributed by atoms with Gasteiger partial charge in [-0.2, -0.15) is 0 Å². The van der Waals surface area contributed by atoms with Crippen LogP contribution in [0.4, 0.5) is 0 Å². The zero-order valence-corrected chi connectivity index (χ0v) is 15.1. The minimum Gasteiger partial charge on any atom is -0.408 e. The van der Waals surface area contributed by atoms with Crippen LogP contribution in [-0.4, -0.2) is 28.1 Å². The third kappa shape index (κ3) is 3.33. The van der Waals surface area contributed by atoms with Crippen molar-refractivity contribution >= 4 is 25.7 Å². The van der Waals surface area contributed by atoms with Crippen molar-refractivity contribution in [1.82, 2.24) is 9.97 Å². The lowest BCUT2D eigenvalue weighted by Gasteiger charge is -2.17. The second-order valence-corrected chi connectivity index (χ2v) is 9.51. The molecule has 3 aromatic rings. The first-order valence-electron chi connectivity index (χ1n) is 8.06. The van der Waals surface area contributed by atoms with E-state index in [0.717, 1.165) is 33.5 Å². The Hall–Kier alpha value is -2.21. The Balaban J connectivity index is 1.95. The van der Waals surface area contributed by atoms with E-state index < -0.39 is 8.56 Å². The summed E-state index contributed by atoms with van der Waals surface area (Å²) in [6.07, 6.45) is 1.78. The number of benzene rings is 2. The number of hydrogen-bond donors (Lipinski definition) is 3. The van der Waals surface area contributed by atoms with E-state index in [-0.39, 0.29) is 5.54 Å². The van der Waals surface area contributed by atoms with Crippen molar-refractivity contribution in [2.45, 2.75) is 26.3 Å². The second kappa shape index (κ2) is 6.35. The predicted octanol–water partition coefficient (Wildman–Crippen LogP) is 3.93. The number of aryl methyl sites for hydroxylation is 1. The molecule has 4 nitrogen and oxygen atoms in total. The minimum atomic E-state index is -3.30. The molecule has 3 N–H and O–H groups in total. The maximum Gasteiger partial charge on any atom is 0.362 e. The van der Waals surface area contributed by atoms with E-state index in [4.69, 9.17) is 4.98 Å². The first kappa shape index (κ1) is 16.6. The summed E-state index contributed by atoms with van der Waals surface area (Å²) < 4.78 is 0. The van der Waals surface area contributed by atoms with Gasteiger partial charge in [-0.3, -0.25) is 0 Å². The Morgan fingerprint density at radius 1 is 1.12 bits per heavy atom. The van der Waals surface area contributed by atoms with Crippen LogP contribution in [0.2, 0.25) is 5.54 Å². The van der Waals surface area contributed by atoms with Gasteiger partial charge in [0.15, 0.2) is 0 Å². The molecule has 0 aliphatic carbocycles. The number of aromatic amines is 1. The number of nitrogens with zero attached hydrogens (tertiary/aromatic N) is 1. The van der Waals surface area contributed by atoms with Gasteiger partial charge in [-0.25, -0.2) is 4.98 Å². The average molecular weight is 338 g/mol. The standard InChI is InChI=1S/C19H22N2O2Si/c1-13(2)24(22,23)11-10-15-7-5-8-16(12-15)19-20-17-9-4-6-14(3)18(17)21-19/h4-13,22-23H,1-3H3,(H,20,21). The summed E-state index contributed by atoms with van der Waals surface area (Å²) in [7, 11) is -3.30. The molecule has 0 radical (unpaired) electrons. The van der Waals surface area contributed by atoms with Crippen LogP contribution in [-0.2, 0) is 0 Å². The van der Waals surface area contributed by atoms with Gasteiger partial charge < -0.3 is 14.6 Å². The summed E-state index contributed by atoms with van der Waals surface area (Å²) in [6, 6.07) is 14.0. The van der Waals surface area contributed by atoms with Crippen LogP contribution in [0.15, 0.2) is 48.2 Å². The van der Waals surface area contributed by atoms with Crippen LogP contribution >= 0.6 is 0 Å². The molecule has 0 bridgehead atoms. The molecule has 0 saturated heterocycles. The van der Waals surface area contributed by atoms with Gasteiger partial charge in [-0.1, -0.05) is 50.3 Å². The van der Waals surface area contributed by atoms with Gasteiger partial charge in [0.2, 0.25) is 0 Å². The number of aromatic nitrogens is 2. The molecule has 0 fully saturated rings. The highest BCUT2D eigenvalue weighted by atomic mass is 28.4. The second-order valence-electron chi connectivity index (χ2n) is 6.45. The fourth-order valence-corrected chi connectivity index (χ4v) is 3.34. The number of imidazole rings is 1. The van der Waals surface area contributed by atoms with Crippen molar-refractivity contribution in [2.75, 3.05) is 0 Å². The normalized spacial score (nSPS) is 12.6. The van der Waals surface area contributed by atoms with Gasteiger partial charge in [0.05, 0.1) is 11.0 Å². The number of para-hydroxylation sites is 1. The Morgan fingerprint density at radius 3 is 2.58 bits per heavy atom. The Bertz CT molecular complexity index is 897. The van der Waals surface area contributed by atoms with Crippen LogP contribution in [0, 0.1) is 6.92 Å². The predicted molar refractivity (Wildman–Crippen MR) is 101 cm³/mol.